The van der Waals surface area contributed by atoms with Crippen LogP contribution in [-0.2, 0) is 11.2 Å². The minimum absolute atomic E-state index is 0.146. The molecule has 0 atom stereocenters. The predicted molar refractivity (Wildman–Crippen MR) is 73.6 cm³/mol. The third-order valence-corrected chi connectivity index (χ3v) is 3.50. The highest BCUT2D eigenvalue weighted by molar-refractivity contribution is 9.10. The number of halogens is 1. The summed E-state index contributed by atoms with van der Waals surface area (Å²) >= 11 is 3.41. The van der Waals surface area contributed by atoms with Gasteiger partial charge in [0.2, 0.25) is 5.91 Å². The Morgan fingerprint density at radius 3 is 2.56 bits per heavy atom. The van der Waals surface area contributed by atoms with Crippen LogP contribution >= 0.6 is 15.9 Å². The summed E-state index contributed by atoms with van der Waals surface area (Å²) < 4.78 is 0.818. The van der Waals surface area contributed by atoms with E-state index in [0.717, 1.165) is 48.8 Å². The van der Waals surface area contributed by atoms with Gasteiger partial charge in [-0.15, -0.1) is 0 Å². The summed E-state index contributed by atoms with van der Waals surface area (Å²) in [4.78, 5) is 24.2. The van der Waals surface area contributed by atoms with Gasteiger partial charge >= 0.3 is 0 Å². The molecular weight excluding hydrogens is 296 g/mol. The van der Waals surface area contributed by atoms with Crippen LogP contribution in [0.4, 0.5) is 5.82 Å². The Labute approximate surface area is 115 Å². The van der Waals surface area contributed by atoms with Crippen LogP contribution in [0.1, 0.15) is 19.7 Å². The lowest BCUT2D eigenvalue weighted by atomic mass is 10.3. The van der Waals surface area contributed by atoms with Crippen molar-refractivity contribution in [3.8, 4) is 0 Å². The predicted octanol–water partition coefficient (Wildman–Crippen LogP) is 1.47. The van der Waals surface area contributed by atoms with Crippen molar-refractivity contribution in [1.29, 1.82) is 0 Å². The molecule has 0 spiro atoms. The molecule has 5 nitrogen and oxygen atoms in total. The summed E-state index contributed by atoms with van der Waals surface area (Å²) in [7, 11) is 0. The Kier molecular flexibility index (Phi) is 4.16. The first kappa shape index (κ1) is 13.3. The molecule has 1 fully saturated rings. The second-order valence-electron chi connectivity index (χ2n) is 4.31. The van der Waals surface area contributed by atoms with Gasteiger partial charge in [-0.05, 0) is 15.9 Å². The number of amides is 1. The normalized spacial score (nSPS) is 15.9. The van der Waals surface area contributed by atoms with Crippen molar-refractivity contribution in [2.45, 2.75) is 20.3 Å². The van der Waals surface area contributed by atoms with E-state index in [1.165, 1.54) is 0 Å². The topological polar surface area (TPSA) is 49.3 Å². The summed E-state index contributed by atoms with van der Waals surface area (Å²) in [5, 5.41) is 0. The number of piperazine rings is 1. The van der Waals surface area contributed by atoms with Gasteiger partial charge in [0, 0.05) is 45.6 Å². The number of nitrogens with zero attached hydrogens (tertiary/aromatic N) is 4. The number of carbonyl (C=O) groups is 1. The van der Waals surface area contributed by atoms with Crippen LogP contribution in [0, 0.1) is 0 Å². The van der Waals surface area contributed by atoms with Crippen LogP contribution < -0.4 is 4.90 Å². The quantitative estimate of drug-likeness (QED) is 0.776. The largest absolute Gasteiger partial charge is 0.353 e. The Balaban J connectivity index is 2.09. The van der Waals surface area contributed by atoms with Gasteiger partial charge in [0.25, 0.3) is 0 Å². The number of rotatable bonds is 2. The monoisotopic (exact) mass is 312 g/mol. The smallest absolute Gasteiger partial charge is 0.219 e. The fourth-order valence-corrected chi connectivity index (χ4v) is 2.43. The molecule has 1 amide bonds. The van der Waals surface area contributed by atoms with Crippen molar-refractivity contribution < 1.29 is 4.79 Å². The van der Waals surface area contributed by atoms with Crippen LogP contribution in [0.15, 0.2) is 10.7 Å². The highest BCUT2D eigenvalue weighted by atomic mass is 79.9. The summed E-state index contributed by atoms with van der Waals surface area (Å²) in [6.45, 7) is 6.83. The van der Waals surface area contributed by atoms with Crippen molar-refractivity contribution >= 4 is 27.7 Å². The number of hydrogen-bond donors (Lipinski definition) is 0. The highest BCUT2D eigenvalue weighted by Gasteiger charge is 2.20. The van der Waals surface area contributed by atoms with E-state index in [-0.39, 0.29) is 5.91 Å². The molecule has 1 aromatic heterocycles. The molecule has 0 aromatic carbocycles. The number of carbonyl (C=O) groups excluding carboxylic acids is 1. The van der Waals surface area contributed by atoms with E-state index in [4.69, 9.17) is 0 Å². The molecular formula is C12H17BrN4O. The number of aryl methyl sites for hydroxylation is 1. The second kappa shape index (κ2) is 5.65. The van der Waals surface area contributed by atoms with Gasteiger partial charge in [-0.3, -0.25) is 4.79 Å². The molecule has 98 valence electrons. The first-order valence-electron chi connectivity index (χ1n) is 6.14. The number of aromatic nitrogens is 2. The van der Waals surface area contributed by atoms with Crippen molar-refractivity contribution in [2.75, 3.05) is 31.1 Å². The summed E-state index contributed by atoms with van der Waals surface area (Å²) in [6, 6.07) is 1.93. The molecule has 18 heavy (non-hydrogen) atoms. The molecule has 0 saturated carbocycles. The minimum atomic E-state index is 0.146. The molecule has 0 unspecified atom stereocenters. The molecule has 0 bridgehead atoms. The molecule has 2 heterocycles. The Bertz CT molecular complexity index is 444. The van der Waals surface area contributed by atoms with E-state index < -0.39 is 0 Å². The van der Waals surface area contributed by atoms with Gasteiger partial charge in [-0.1, -0.05) is 6.92 Å². The average Bonchev–Trinajstić information content (AvgIpc) is 2.38. The molecule has 1 aromatic rings. The second-order valence-corrected chi connectivity index (χ2v) is 5.12. The number of hydrogen-bond acceptors (Lipinski definition) is 4. The lowest BCUT2D eigenvalue weighted by Gasteiger charge is -2.35. The zero-order valence-corrected chi connectivity index (χ0v) is 12.3. The van der Waals surface area contributed by atoms with E-state index in [9.17, 15) is 4.79 Å². The van der Waals surface area contributed by atoms with Crippen LogP contribution in [0.2, 0.25) is 0 Å². The zero-order valence-electron chi connectivity index (χ0n) is 10.7. The van der Waals surface area contributed by atoms with Gasteiger partial charge in [0.05, 0.1) is 0 Å². The Morgan fingerprint density at radius 1 is 1.33 bits per heavy atom. The Hall–Kier alpha value is -1.17. The maximum Gasteiger partial charge on any atom is 0.219 e. The van der Waals surface area contributed by atoms with E-state index in [1.807, 2.05) is 17.9 Å². The summed E-state index contributed by atoms with van der Waals surface area (Å²) in [5.41, 5.74) is 0. The van der Waals surface area contributed by atoms with E-state index in [0.29, 0.717) is 0 Å². The van der Waals surface area contributed by atoms with Gasteiger partial charge < -0.3 is 9.80 Å². The summed E-state index contributed by atoms with van der Waals surface area (Å²) in [5.74, 6) is 1.93. The molecule has 1 aliphatic rings. The fourth-order valence-electron chi connectivity index (χ4n) is 2.02. The standard InChI is InChI=1S/C12H17BrN4O/c1-3-11-14-10(13)8-12(15-11)17-6-4-16(5-7-17)9(2)18/h8H,3-7H2,1-2H3. The zero-order chi connectivity index (χ0) is 13.1. The fraction of sp³-hybridized carbons (Fsp3) is 0.583. The molecule has 0 N–H and O–H groups in total. The van der Waals surface area contributed by atoms with Crippen LogP contribution in [0.3, 0.4) is 0 Å². The third kappa shape index (κ3) is 2.98. The van der Waals surface area contributed by atoms with Crippen LogP contribution in [0.5, 0.6) is 0 Å². The van der Waals surface area contributed by atoms with E-state index >= 15 is 0 Å². The maximum absolute atomic E-state index is 11.3. The summed E-state index contributed by atoms with van der Waals surface area (Å²) in [6.07, 6.45) is 0.819. The molecule has 2 rings (SSSR count). The van der Waals surface area contributed by atoms with E-state index in [1.54, 1.807) is 6.92 Å². The maximum atomic E-state index is 11.3. The third-order valence-electron chi connectivity index (χ3n) is 3.09. The highest BCUT2D eigenvalue weighted by Crippen LogP contribution is 2.18. The SMILES string of the molecule is CCc1nc(Br)cc(N2CCN(C(C)=O)CC2)n1. The molecule has 1 aliphatic heterocycles. The van der Waals surface area contributed by atoms with Crippen molar-refractivity contribution in [2.24, 2.45) is 0 Å². The molecule has 0 aliphatic carbocycles. The molecule has 6 heteroatoms. The minimum Gasteiger partial charge on any atom is -0.353 e. The van der Waals surface area contributed by atoms with Crippen LogP contribution in [-0.4, -0.2) is 47.0 Å². The van der Waals surface area contributed by atoms with Gasteiger partial charge in [-0.2, -0.15) is 0 Å². The van der Waals surface area contributed by atoms with Gasteiger partial charge in [0.1, 0.15) is 16.2 Å². The first-order valence-corrected chi connectivity index (χ1v) is 6.93. The Morgan fingerprint density at radius 2 is 2.00 bits per heavy atom. The number of anilines is 1. The lowest BCUT2D eigenvalue weighted by Crippen LogP contribution is -2.48. The van der Waals surface area contributed by atoms with Crippen LogP contribution in [0.25, 0.3) is 0 Å². The van der Waals surface area contributed by atoms with Gasteiger partial charge in [0.15, 0.2) is 0 Å². The molecule has 1 saturated heterocycles. The van der Waals surface area contributed by atoms with Crippen molar-refractivity contribution in [1.82, 2.24) is 14.9 Å². The lowest BCUT2D eigenvalue weighted by molar-refractivity contribution is -0.129. The van der Waals surface area contributed by atoms with Gasteiger partial charge in [-0.25, -0.2) is 9.97 Å². The first-order chi connectivity index (χ1) is 8.60. The van der Waals surface area contributed by atoms with Crippen molar-refractivity contribution in [3.05, 3.63) is 16.5 Å². The van der Waals surface area contributed by atoms with E-state index in [2.05, 4.69) is 30.8 Å². The molecule has 0 radical (unpaired) electrons. The van der Waals surface area contributed by atoms with Crippen molar-refractivity contribution in [3.63, 3.8) is 0 Å². The average molecular weight is 313 g/mol.